The van der Waals surface area contributed by atoms with Gasteiger partial charge in [-0.1, -0.05) is 34.1 Å². The van der Waals surface area contributed by atoms with Crippen molar-refractivity contribution in [3.05, 3.63) is 0 Å². The van der Waals surface area contributed by atoms with E-state index in [-0.39, 0.29) is 37.4 Å². The zero-order valence-corrected chi connectivity index (χ0v) is 42.9. The summed E-state index contributed by atoms with van der Waals surface area (Å²) in [5, 5.41) is 0. The molecule has 0 bridgehead atoms. The van der Waals surface area contributed by atoms with Crippen molar-refractivity contribution >= 4 is 47.8 Å². The topological polar surface area (TPSA) is 220 Å². The van der Waals surface area contributed by atoms with Gasteiger partial charge in [-0.25, -0.2) is 24.0 Å². The molecule has 3 saturated carbocycles. The van der Waals surface area contributed by atoms with E-state index in [0.717, 1.165) is 96.3 Å². The molecule has 0 N–H and O–H groups in total. The second-order valence-electron chi connectivity index (χ2n) is 20.2. The zero-order chi connectivity index (χ0) is 51.0. The number of ether oxygens (including phenoxy) is 9. The highest BCUT2D eigenvalue weighted by Crippen LogP contribution is 2.35. The molecule has 0 aromatic rings. The van der Waals surface area contributed by atoms with Gasteiger partial charge in [0.15, 0.2) is 26.4 Å². The number of esters is 8. The lowest BCUT2D eigenvalue weighted by atomic mass is 9.83. The van der Waals surface area contributed by atoms with E-state index in [1.807, 2.05) is 55.4 Å². The fourth-order valence-corrected chi connectivity index (χ4v) is 7.03. The Bertz CT molecular complexity index is 1590. The summed E-state index contributed by atoms with van der Waals surface area (Å²) in [6.07, 6.45) is 15.4. The Labute approximate surface area is 399 Å². The molecular weight excluding hydrogens is 873 g/mol. The van der Waals surface area contributed by atoms with Crippen LogP contribution >= 0.6 is 0 Å². The van der Waals surface area contributed by atoms with E-state index in [2.05, 4.69) is 0 Å². The number of hydrogen-bond donors (Lipinski definition) is 0. The standard InChI is InChI=1S/C18H30O6.C16H26O6.C16H28O5/c1-5-17(3,4)16(21)23-12-14(19)22-13-15(20)24-18(6-2)10-8-7-9-11-18;1-5-15(2,3)14(19)21-10-12(17)20-11-13(18)22-16(4)8-6-7-9-16;1-5-15(2,3)14(18)20-11-10-19-12-13(17)21-16(4)8-6-7-9-16/h5-13H2,1-4H3;5-11H2,1-4H3;5-12H2,1-4H3. The maximum absolute atomic E-state index is 11.9. The van der Waals surface area contributed by atoms with Gasteiger partial charge in [-0.15, -0.1) is 0 Å². The van der Waals surface area contributed by atoms with E-state index in [0.29, 0.717) is 12.8 Å². The fourth-order valence-electron chi connectivity index (χ4n) is 7.03. The third-order valence-electron chi connectivity index (χ3n) is 13.1. The minimum Gasteiger partial charge on any atom is -0.463 e. The Morgan fingerprint density at radius 2 is 0.716 bits per heavy atom. The second kappa shape index (κ2) is 28.9. The van der Waals surface area contributed by atoms with Crippen molar-refractivity contribution in [1.29, 1.82) is 0 Å². The lowest BCUT2D eigenvalue weighted by Gasteiger charge is -2.35. The van der Waals surface area contributed by atoms with Gasteiger partial charge in [-0.2, -0.15) is 0 Å². The van der Waals surface area contributed by atoms with Gasteiger partial charge in [-0.05, 0) is 158 Å². The van der Waals surface area contributed by atoms with Crippen molar-refractivity contribution in [3.63, 3.8) is 0 Å². The van der Waals surface area contributed by atoms with Gasteiger partial charge >= 0.3 is 47.8 Å². The van der Waals surface area contributed by atoms with E-state index in [9.17, 15) is 38.4 Å². The van der Waals surface area contributed by atoms with Crippen LogP contribution in [0.5, 0.6) is 0 Å². The number of carbonyl (C=O) groups excluding carboxylic acids is 8. The largest absolute Gasteiger partial charge is 0.463 e. The molecule has 3 aliphatic carbocycles. The Morgan fingerprint density at radius 1 is 0.388 bits per heavy atom. The van der Waals surface area contributed by atoms with Crippen LogP contribution in [-0.2, 0) is 81.0 Å². The number of carbonyl (C=O) groups is 8. The van der Waals surface area contributed by atoms with Crippen LogP contribution in [0, 0.1) is 16.2 Å². The van der Waals surface area contributed by atoms with Gasteiger partial charge in [0.05, 0.1) is 22.9 Å². The first-order valence-corrected chi connectivity index (χ1v) is 24.3. The zero-order valence-electron chi connectivity index (χ0n) is 42.9. The second-order valence-corrected chi connectivity index (χ2v) is 20.2. The minimum absolute atomic E-state index is 0.0929. The molecular formula is C50H84O17. The molecule has 0 atom stereocenters. The van der Waals surface area contributed by atoms with E-state index < -0.39 is 89.7 Å². The molecule has 3 aliphatic rings. The van der Waals surface area contributed by atoms with Gasteiger partial charge in [-0.3, -0.25) is 14.4 Å². The molecule has 3 rings (SSSR count). The van der Waals surface area contributed by atoms with Crippen LogP contribution in [0.1, 0.15) is 192 Å². The van der Waals surface area contributed by atoms with E-state index in [4.69, 9.17) is 42.6 Å². The molecule has 0 aliphatic heterocycles. The molecule has 17 heteroatoms. The van der Waals surface area contributed by atoms with Crippen molar-refractivity contribution in [2.24, 2.45) is 16.2 Å². The Morgan fingerprint density at radius 3 is 1.09 bits per heavy atom. The highest BCUT2D eigenvalue weighted by atomic mass is 16.6. The van der Waals surface area contributed by atoms with Gasteiger partial charge in [0.2, 0.25) is 0 Å². The SMILES string of the molecule is CCC(C)(C)C(=O)OCC(=O)OCC(=O)OC1(C)CCCC1.CCC(C)(C)C(=O)OCCOCC(=O)OC1(C)CCCC1.CCC1(OC(=O)COC(=O)COC(=O)C(C)(C)CC)CCCCC1. The quantitative estimate of drug-likeness (QED) is 0.0533. The molecule has 17 nitrogen and oxygen atoms in total. The van der Waals surface area contributed by atoms with Crippen LogP contribution < -0.4 is 0 Å². The minimum atomic E-state index is -0.756. The van der Waals surface area contributed by atoms with Gasteiger partial charge in [0, 0.05) is 0 Å². The van der Waals surface area contributed by atoms with Crippen LogP contribution in [0.4, 0.5) is 0 Å². The molecule has 386 valence electrons. The highest BCUT2D eigenvalue weighted by molar-refractivity contribution is 5.82. The highest BCUT2D eigenvalue weighted by Gasteiger charge is 2.36. The predicted octanol–water partition coefficient (Wildman–Crippen LogP) is 8.41. The van der Waals surface area contributed by atoms with Crippen molar-refractivity contribution in [2.75, 3.05) is 46.2 Å². The Hall–Kier alpha value is -4.28. The Balaban J connectivity index is 0.000000504. The molecule has 0 radical (unpaired) electrons. The predicted molar refractivity (Wildman–Crippen MR) is 246 cm³/mol. The monoisotopic (exact) mass is 957 g/mol. The van der Waals surface area contributed by atoms with Crippen LogP contribution in [0.15, 0.2) is 0 Å². The summed E-state index contributed by atoms with van der Waals surface area (Å²) in [7, 11) is 0. The van der Waals surface area contributed by atoms with E-state index in [1.54, 1.807) is 27.7 Å². The average Bonchev–Trinajstić information content (AvgIpc) is 3.93. The summed E-state index contributed by atoms with van der Waals surface area (Å²) in [5.74, 6) is -4.14. The van der Waals surface area contributed by atoms with Crippen molar-refractivity contribution in [2.45, 2.75) is 209 Å². The first kappa shape index (κ1) is 60.7. The number of hydrogen-bond acceptors (Lipinski definition) is 17. The van der Waals surface area contributed by atoms with Crippen molar-refractivity contribution in [1.82, 2.24) is 0 Å². The molecule has 0 saturated heterocycles. The average molecular weight is 957 g/mol. The van der Waals surface area contributed by atoms with Gasteiger partial charge in [0.25, 0.3) is 0 Å². The third-order valence-corrected chi connectivity index (χ3v) is 13.1. The number of rotatable bonds is 23. The van der Waals surface area contributed by atoms with E-state index in [1.165, 1.54) is 0 Å². The van der Waals surface area contributed by atoms with Gasteiger partial charge < -0.3 is 42.6 Å². The summed E-state index contributed by atoms with van der Waals surface area (Å²) in [6, 6.07) is 0. The summed E-state index contributed by atoms with van der Waals surface area (Å²) in [5.41, 5.74) is -2.95. The molecule has 0 aromatic heterocycles. The Kier molecular flexibility index (Phi) is 26.2. The normalized spacial score (nSPS) is 17.1. The summed E-state index contributed by atoms with van der Waals surface area (Å²) < 4.78 is 46.0. The molecule has 0 aromatic carbocycles. The molecule has 0 amide bonds. The van der Waals surface area contributed by atoms with Crippen LogP contribution in [0.2, 0.25) is 0 Å². The smallest absolute Gasteiger partial charge is 0.344 e. The summed E-state index contributed by atoms with van der Waals surface area (Å²) in [6.45, 7) is 20.5. The summed E-state index contributed by atoms with van der Waals surface area (Å²) >= 11 is 0. The molecule has 3 fully saturated rings. The summed E-state index contributed by atoms with van der Waals surface area (Å²) in [4.78, 5) is 93.4. The van der Waals surface area contributed by atoms with Crippen LogP contribution in [0.3, 0.4) is 0 Å². The van der Waals surface area contributed by atoms with Crippen molar-refractivity contribution in [3.8, 4) is 0 Å². The maximum atomic E-state index is 11.9. The lowest BCUT2D eigenvalue weighted by Crippen LogP contribution is -2.38. The third kappa shape index (κ3) is 23.5. The van der Waals surface area contributed by atoms with Crippen LogP contribution in [-0.4, -0.2) is 111 Å². The van der Waals surface area contributed by atoms with Crippen LogP contribution in [0.25, 0.3) is 0 Å². The first-order valence-electron chi connectivity index (χ1n) is 24.3. The van der Waals surface area contributed by atoms with Crippen molar-refractivity contribution < 1.29 is 81.0 Å². The first-order chi connectivity index (χ1) is 31.2. The maximum Gasteiger partial charge on any atom is 0.344 e. The molecule has 0 spiro atoms. The molecule has 0 heterocycles. The fraction of sp³-hybridized carbons (Fsp3) is 0.840. The molecule has 0 unspecified atom stereocenters. The van der Waals surface area contributed by atoms with Gasteiger partial charge in [0.1, 0.15) is 30.0 Å². The lowest BCUT2D eigenvalue weighted by molar-refractivity contribution is -0.176. The molecule has 67 heavy (non-hydrogen) atoms. The van der Waals surface area contributed by atoms with E-state index >= 15 is 0 Å².